The topological polar surface area (TPSA) is 64.6 Å². The van der Waals surface area contributed by atoms with E-state index in [1.807, 2.05) is 32.0 Å². The minimum absolute atomic E-state index is 0.114. The second-order valence-corrected chi connectivity index (χ2v) is 7.31. The largest absolute Gasteiger partial charge is 0.393 e. The lowest BCUT2D eigenvalue weighted by Gasteiger charge is -2.27. The SMILES string of the molecule is CC(O)CC(C)(C)CNC(=O)NC1CCN(c2ccccc2)C1. The van der Waals surface area contributed by atoms with Crippen molar-refractivity contribution in [3.8, 4) is 0 Å². The number of para-hydroxylation sites is 1. The third-order valence-electron chi connectivity index (χ3n) is 4.22. The van der Waals surface area contributed by atoms with Crippen LogP contribution in [0.3, 0.4) is 0 Å². The Morgan fingerprint density at radius 2 is 2.09 bits per heavy atom. The van der Waals surface area contributed by atoms with Crippen molar-refractivity contribution in [3.05, 3.63) is 30.3 Å². The summed E-state index contributed by atoms with van der Waals surface area (Å²) in [6.45, 7) is 8.23. The first kappa shape index (κ1) is 17.6. The molecule has 0 aromatic heterocycles. The van der Waals surface area contributed by atoms with E-state index in [4.69, 9.17) is 0 Å². The molecule has 0 spiro atoms. The van der Waals surface area contributed by atoms with Gasteiger partial charge in [-0.1, -0.05) is 32.0 Å². The Balaban J connectivity index is 1.74. The van der Waals surface area contributed by atoms with Gasteiger partial charge in [0.2, 0.25) is 0 Å². The van der Waals surface area contributed by atoms with E-state index in [0.29, 0.717) is 13.0 Å². The number of nitrogens with zero attached hydrogens (tertiary/aromatic N) is 1. The maximum atomic E-state index is 12.1. The highest BCUT2D eigenvalue weighted by Crippen LogP contribution is 2.21. The molecule has 2 atom stereocenters. The van der Waals surface area contributed by atoms with Crippen molar-refractivity contribution in [1.29, 1.82) is 0 Å². The fourth-order valence-corrected chi connectivity index (χ4v) is 3.18. The first-order valence-corrected chi connectivity index (χ1v) is 8.38. The molecule has 1 heterocycles. The van der Waals surface area contributed by atoms with E-state index in [2.05, 4.69) is 27.7 Å². The summed E-state index contributed by atoms with van der Waals surface area (Å²) in [5.41, 5.74) is 1.09. The number of urea groups is 1. The van der Waals surface area contributed by atoms with Gasteiger partial charge in [-0.3, -0.25) is 0 Å². The Labute approximate surface area is 139 Å². The molecule has 1 aliphatic heterocycles. The maximum absolute atomic E-state index is 12.1. The van der Waals surface area contributed by atoms with Gasteiger partial charge < -0.3 is 20.6 Å². The number of benzene rings is 1. The van der Waals surface area contributed by atoms with E-state index in [9.17, 15) is 9.90 Å². The molecule has 1 saturated heterocycles. The highest BCUT2D eigenvalue weighted by Gasteiger charge is 2.25. The fourth-order valence-electron chi connectivity index (χ4n) is 3.18. The van der Waals surface area contributed by atoms with E-state index in [-0.39, 0.29) is 23.6 Å². The standard InChI is InChI=1S/C18H29N3O2/c1-14(22)11-18(2,3)13-19-17(23)20-15-9-10-21(12-15)16-7-5-4-6-8-16/h4-8,14-15,22H,9-13H2,1-3H3,(H2,19,20,23). The van der Waals surface area contributed by atoms with E-state index in [1.54, 1.807) is 6.92 Å². The van der Waals surface area contributed by atoms with Crippen LogP contribution in [-0.4, -0.2) is 42.9 Å². The van der Waals surface area contributed by atoms with E-state index in [1.165, 1.54) is 5.69 Å². The summed E-state index contributed by atoms with van der Waals surface area (Å²) in [7, 11) is 0. The maximum Gasteiger partial charge on any atom is 0.315 e. The molecule has 128 valence electrons. The van der Waals surface area contributed by atoms with Crippen LogP contribution in [0.15, 0.2) is 30.3 Å². The monoisotopic (exact) mass is 319 g/mol. The number of hydrogen-bond donors (Lipinski definition) is 3. The smallest absolute Gasteiger partial charge is 0.315 e. The number of nitrogens with one attached hydrogen (secondary N) is 2. The van der Waals surface area contributed by atoms with Crippen molar-refractivity contribution in [2.45, 2.75) is 45.8 Å². The Kier molecular flexibility index (Phi) is 5.88. The van der Waals surface area contributed by atoms with Gasteiger partial charge in [0.15, 0.2) is 0 Å². The molecule has 1 fully saturated rings. The van der Waals surface area contributed by atoms with Gasteiger partial charge in [0, 0.05) is 31.4 Å². The normalized spacial score (nSPS) is 19.5. The highest BCUT2D eigenvalue weighted by atomic mass is 16.3. The summed E-state index contributed by atoms with van der Waals surface area (Å²) in [5.74, 6) is 0. The average Bonchev–Trinajstić information content (AvgIpc) is 2.93. The van der Waals surface area contributed by atoms with Crippen LogP contribution >= 0.6 is 0 Å². The first-order chi connectivity index (χ1) is 10.9. The molecule has 5 heteroatoms. The molecule has 2 amide bonds. The molecule has 0 aliphatic carbocycles. The van der Waals surface area contributed by atoms with E-state index >= 15 is 0 Å². The number of carbonyl (C=O) groups excluding carboxylic acids is 1. The number of carbonyl (C=O) groups is 1. The molecule has 1 aliphatic rings. The van der Waals surface area contributed by atoms with E-state index in [0.717, 1.165) is 19.5 Å². The van der Waals surface area contributed by atoms with Crippen LogP contribution in [0.1, 0.15) is 33.6 Å². The molecule has 5 nitrogen and oxygen atoms in total. The summed E-state index contributed by atoms with van der Waals surface area (Å²) < 4.78 is 0. The predicted octanol–water partition coefficient (Wildman–Crippen LogP) is 2.36. The fraction of sp³-hybridized carbons (Fsp3) is 0.611. The zero-order valence-corrected chi connectivity index (χ0v) is 14.4. The molecule has 2 unspecified atom stereocenters. The second-order valence-electron chi connectivity index (χ2n) is 7.31. The van der Waals surface area contributed by atoms with Gasteiger partial charge in [-0.25, -0.2) is 4.79 Å². The van der Waals surface area contributed by atoms with E-state index < -0.39 is 0 Å². The van der Waals surface area contributed by atoms with Crippen molar-refractivity contribution < 1.29 is 9.90 Å². The number of amides is 2. The summed E-state index contributed by atoms with van der Waals surface area (Å²) in [5, 5.41) is 15.5. The lowest BCUT2D eigenvalue weighted by atomic mass is 9.87. The molecule has 1 aromatic carbocycles. The van der Waals surface area contributed by atoms with Crippen LogP contribution in [0.4, 0.5) is 10.5 Å². The molecule has 3 N–H and O–H groups in total. The van der Waals surface area contributed by atoms with Gasteiger partial charge in [-0.15, -0.1) is 0 Å². The lowest BCUT2D eigenvalue weighted by Crippen LogP contribution is -2.46. The molecule has 0 bridgehead atoms. The average molecular weight is 319 g/mol. The van der Waals surface area contributed by atoms with Crippen LogP contribution < -0.4 is 15.5 Å². The van der Waals surface area contributed by atoms with Gasteiger partial charge in [0.1, 0.15) is 0 Å². The van der Waals surface area contributed by atoms with Crippen LogP contribution in [-0.2, 0) is 0 Å². The quantitative estimate of drug-likeness (QED) is 0.754. The number of aliphatic hydroxyl groups excluding tert-OH is 1. The number of aliphatic hydroxyl groups is 1. The van der Waals surface area contributed by atoms with Crippen LogP contribution in [0, 0.1) is 5.41 Å². The molecule has 0 saturated carbocycles. The number of hydrogen-bond acceptors (Lipinski definition) is 3. The van der Waals surface area contributed by atoms with Gasteiger partial charge in [-0.05, 0) is 37.3 Å². The van der Waals surface area contributed by atoms with Gasteiger partial charge in [-0.2, -0.15) is 0 Å². The predicted molar refractivity (Wildman–Crippen MR) is 93.7 cm³/mol. The van der Waals surface area contributed by atoms with Crippen molar-refractivity contribution >= 4 is 11.7 Å². The van der Waals surface area contributed by atoms with Gasteiger partial charge >= 0.3 is 6.03 Å². The third kappa shape index (κ3) is 5.75. The minimum atomic E-state index is -0.357. The Morgan fingerprint density at radius 3 is 2.74 bits per heavy atom. The zero-order valence-electron chi connectivity index (χ0n) is 14.4. The third-order valence-corrected chi connectivity index (χ3v) is 4.22. The summed E-state index contributed by atoms with van der Waals surface area (Å²) in [6, 6.07) is 10.3. The molecule has 1 aromatic rings. The molecule has 2 rings (SSSR count). The molecular formula is C18H29N3O2. The van der Waals surface area contributed by atoms with Crippen LogP contribution in [0.5, 0.6) is 0 Å². The van der Waals surface area contributed by atoms with Crippen molar-refractivity contribution in [2.24, 2.45) is 5.41 Å². The Hall–Kier alpha value is -1.75. The lowest BCUT2D eigenvalue weighted by molar-refractivity contribution is 0.128. The van der Waals surface area contributed by atoms with Crippen molar-refractivity contribution in [2.75, 3.05) is 24.5 Å². The van der Waals surface area contributed by atoms with Crippen LogP contribution in [0.25, 0.3) is 0 Å². The van der Waals surface area contributed by atoms with Gasteiger partial charge in [0.05, 0.1) is 6.10 Å². The molecule has 0 radical (unpaired) electrons. The van der Waals surface area contributed by atoms with Gasteiger partial charge in [0.25, 0.3) is 0 Å². The Bertz CT molecular complexity index is 502. The van der Waals surface area contributed by atoms with Crippen LogP contribution in [0.2, 0.25) is 0 Å². The van der Waals surface area contributed by atoms with Crippen molar-refractivity contribution in [3.63, 3.8) is 0 Å². The summed E-state index contributed by atoms with van der Waals surface area (Å²) in [4.78, 5) is 14.4. The second kappa shape index (κ2) is 7.68. The summed E-state index contributed by atoms with van der Waals surface area (Å²) >= 11 is 0. The van der Waals surface area contributed by atoms with Crippen molar-refractivity contribution in [1.82, 2.24) is 10.6 Å². The summed E-state index contributed by atoms with van der Waals surface area (Å²) in [6.07, 6.45) is 1.27. The number of rotatable bonds is 6. The minimum Gasteiger partial charge on any atom is -0.393 e. The Morgan fingerprint density at radius 1 is 1.39 bits per heavy atom. The first-order valence-electron chi connectivity index (χ1n) is 8.38. The molecular weight excluding hydrogens is 290 g/mol. The molecule has 23 heavy (non-hydrogen) atoms. The number of anilines is 1. The highest BCUT2D eigenvalue weighted by molar-refractivity contribution is 5.74. The zero-order chi connectivity index (χ0) is 16.9.